The van der Waals surface area contributed by atoms with Gasteiger partial charge in [0.25, 0.3) is 0 Å². The number of hydrogen-bond donors (Lipinski definition) is 0. The van der Waals surface area contributed by atoms with Crippen LogP contribution in [0.4, 0.5) is 0 Å². The van der Waals surface area contributed by atoms with E-state index in [1.165, 1.54) is 5.56 Å². The highest BCUT2D eigenvalue weighted by molar-refractivity contribution is 5.76. The number of carbonyl (C=O) groups is 1. The summed E-state index contributed by atoms with van der Waals surface area (Å²) in [6.07, 6.45) is 2.97. The molecular weight excluding hydrogens is 260 g/mol. The average molecular weight is 288 g/mol. The van der Waals surface area contributed by atoms with Crippen molar-refractivity contribution in [2.45, 2.75) is 39.7 Å². The Morgan fingerprint density at radius 1 is 1.24 bits per heavy atom. The Morgan fingerprint density at radius 3 is 2.52 bits per heavy atom. The SMILES string of the molecule is CCN(CCC(=O)N1CCC(C)CC1)Cc1ccccc1. The lowest BCUT2D eigenvalue weighted by Gasteiger charge is -2.31. The Balaban J connectivity index is 1.76. The second-order valence-electron chi connectivity index (χ2n) is 6.17. The van der Waals surface area contributed by atoms with Gasteiger partial charge in [-0.2, -0.15) is 0 Å². The molecule has 3 nitrogen and oxygen atoms in total. The van der Waals surface area contributed by atoms with Crippen LogP contribution in [0.15, 0.2) is 30.3 Å². The van der Waals surface area contributed by atoms with Crippen LogP contribution >= 0.6 is 0 Å². The van der Waals surface area contributed by atoms with Gasteiger partial charge in [-0.05, 0) is 30.9 Å². The number of nitrogens with zero attached hydrogens (tertiary/aromatic N) is 2. The molecule has 1 aromatic carbocycles. The van der Waals surface area contributed by atoms with Crippen LogP contribution < -0.4 is 0 Å². The van der Waals surface area contributed by atoms with E-state index in [1.54, 1.807) is 0 Å². The zero-order valence-electron chi connectivity index (χ0n) is 13.4. The van der Waals surface area contributed by atoms with Crippen LogP contribution in [0.5, 0.6) is 0 Å². The molecule has 0 aliphatic carbocycles. The Kier molecular flexibility index (Phi) is 6.24. The summed E-state index contributed by atoms with van der Waals surface area (Å²) in [6.45, 7) is 9.11. The summed E-state index contributed by atoms with van der Waals surface area (Å²) in [7, 11) is 0. The first-order valence-corrected chi connectivity index (χ1v) is 8.23. The van der Waals surface area contributed by atoms with Crippen molar-refractivity contribution < 1.29 is 4.79 Å². The summed E-state index contributed by atoms with van der Waals surface area (Å²) in [6, 6.07) is 10.5. The van der Waals surface area contributed by atoms with E-state index < -0.39 is 0 Å². The molecule has 3 heteroatoms. The van der Waals surface area contributed by atoms with Crippen molar-refractivity contribution in [3.05, 3.63) is 35.9 Å². The van der Waals surface area contributed by atoms with Crippen molar-refractivity contribution in [1.29, 1.82) is 0 Å². The summed E-state index contributed by atoms with van der Waals surface area (Å²) < 4.78 is 0. The molecule has 0 radical (unpaired) electrons. The zero-order chi connectivity index (χ0) is 15.1. The van der Waals surface area contributed by atoms with E-state index in [1.807, 2.05) is 6.07 Å². The fourth-order valence-electron chi connectivity index (χ4n) is 2.86. The molecule has 0 spiro atoms. The molecule has 0 N–H and O–H groups in total. The predicted molar refractivity (Wildman–Crippen MR) is 87.0 cm³/mol. The van der Waals surface area contributed by atoms with Crippen LogP contribution in [0.2, 0.25) is 0 Å². The largest absolute Gasteiger partial charge is 0.343 e. The molecule has 0 atom stereocenters. The van der Waals surface area contributed by atoms with E-state index >= 15 is 0 Å². The molecule has 1 aromatic rings. The molecule has 1 heterocycles. The van der Waals surface area contributed by atoms with E-state index in [-0.39, 0.29) is 0 Å². The van der Waals surface area contributed by atoms with Crippen LogP contribution in [0, 0.1) is 5.92 Å². The lowest BCUT2D eigenvalue weighted by atomic mass is 9.99. The maximum Gasteiger partial charge on any atom is 0.223 e. The van der Waals surface area contributed by atoms with Crippen LogP contribution in [0.1, 0.15) is 38.7 Å². The number of carbonyl (C=O) groups excluding carboxylic acids is 1. The number of likely N-dealkylation sites (tertiary alicyclic amines) is 1. The van der Waals surface area contributed by atoms with E-state index in [2.05, 4.69) is 47.9 Å². The monoisotopic (exact) mass is 288 g/mol. The number of amides is 1. The van der Waals surface area contributed by atoms with Crippen LogP contribution in [-0.2, 0) is 11.3 Å². The van der Waals surface area contributed by atoms with Gasteiger partial charge in [0, 0.05) is 32.6 Å². The second kappa shape index (κ2) is 8.18. The first-order chi connectivity index (χ1) is 10.2. The quantitative estimate of drug-likeness (QED) is 0.803. The van der Waals surface area contributed by atoms with Crippen molar-refractivity contribution in [2.75, 3.05) is 26.2 Å². The van der Waals surface area contributed by atoms with Gasteiger partial charge in [-0.1, -0.05) is 44.2 Å². The number of benzene rings is 1. The lowest BCUT2D eigenvalue weighted by molar-refractivity contribution is -0.132. The maximum atomic E-state index is 12.3. The molecule has 0 unspecified atom stereocenters. The number of hydrogen-bond acceptors (Lipinski definition) is 2. The van der Waals surface area contributed by atoms with Crippen molar-refractivity contribution in [3.63, 3.8) is 0 Å². The molecule has 21 heavy (non-hydrogen) atoms. The van der Waals surface area contributed by atoms with Crippen LogP contribution in [0.25, 0.3) is 0 Å². The average Bonchev–Trinajstić information content (AvgIpc) is 2.52. The highest BCUT2D eigenvalue weighted by Crippen LogP contribution is 2.16. The third-order valence-corrected chi connectivity index (χ3v) is 4.47. The highest BCUT2D eigenvalue weighted by Gasteiger charge is 2.20. The zero-order valence-corrected chi connectivity index (χ0v) is 13.4. The predicted octanol–water partition coefficient (Wildman–Crippen LogP) is 3.16. The molecule has 1 aliphatic heterocycles. The van der Waals surface area contributed by atoms with Gasteiger partial charge in [0.1, 0.15) is 0 Å². The third kappa shape index (κ3) is 5.16. The van der Waals surface area contributed by atoms with Gasteiger partial charge in [-0.25, -0.2) is 0 Å². The topological polar surface area (TPSA) is 23.6 Å². The van der Waals surface area contributed by atoms with Gasteiger partial charge in [-0.3, -0.25) is 9.69 Å². The molecule has 1 amide bonds. The smallest absolute Gasteiger partial charge is 0.223 e. The van der Waals surface area contributed by atoms with E-state index in [9.17, 15) is 4.79 Å². The van der Waals surface area contributed by atoms with E-state index in [0.717, 1.165) is 51.5 Å². The summed E-state index contributed by atoms with van der Waals surface area (Å²) in [5, 5.41) is 0. The lowest BCUT2D eigenvalue weighted by Crippen LogP contribution is -2.39. The standard InChI is InChI=1S/C18H28N2O/c1-3-19(15-17-7-5-4-6-8-17)12-11-18(21)20-13-9-16(2)10-14-20/h4-8,16H,3,9-15H2,1-2H3. The van der Waals surface area contributed by atoms with Gasteiger partial charge in [-0.15, -0.1) is 0 Å². The normalized spacial score (nSPS) is 16.4. The van der Waals surface area contributed by atoms with E-state index in [0.29, 0.717) is 12.3 Å². The Labute approximate surface area is 128 Å². The molecule has 0 aromatic heterocycles. The molecule has 0 saturated carbocycles. The minimum absolute atomic E-state index is 0.327. The molecule has 1 aliphatic rings. The van der Waals surface area contributed by atoms with Gasteiger partial charge in [0.05, 0.1) is 0 Å². The van der Waals surface area contributed by atoms with Gasteiger partial charge in [0.15, 0.2) is 0 Å². The van der Waals surface area contributed by atoms with Crippen molar-refractivity contribution in [3.8, 4) is 0 Å². The fourth-order valence-corrected chi connectivity index (χ4v) is 2.86. The molecule has 1 saturated heterocycles. The minimum Gasteiger partial charge on any atom is -0.343 e. The minimum atomic E-state index is 0.327. The van der Waals surface area contributed by atoms with Gasteiger partial charge in [0.2, 0.25) is 5.91 Å². The number of rotatable bonds is 6. The van der Waals surface area contributed by atoms with Crippen LogP contribution in [0.3, 0.4) is 0 Å². The molecule has 2 rings (SSSR count). The molecular formula is C18H28N2O. The Hall–Kier alpha value is -1.35. The first kappa shape index (κ1) is 16.0. The second-order valence-corrected chi connectivity index (χ2v) is 6.17. The van der Waals surface area contributed by atoms with Crippen molar-refractivity contribution in [2.24, 2.45) is 5.92 Å². The Bertz CT molecular complexity index is 424. The highest BCUT2D eigenvalue weighted by atomic mass is 16.2. The molecule has 0 bridgehead atoms. The third-order valence-electron chi connectivity index (χ3n) is 4.47. The number of piperidine rings is 1. The van der Waals surface area contributed by atoms with Gasteiger partial charge >= 0.3 is 0 Å². The van der Waals surface area contributed by atoms with Gasteiger partial charge < -0.3 is 4.90 Å². The summed E-state index contributed by atoms with van der Waals surface area (Å²) in [4.78, 5) is 16.7. The van der Waals surface area contributed by atoms with Crippen molar-refractivity contribution >= 4 is 5.91 Å². The maximum absolute atomic E-state index is 12.3. The van der Waals surface area contributed by atoms with E-state index in [4.69, 9.17) is 0 Å². The first-order valence-electron chi connectivity index (χ1n) is 8.23. The fraction of sp³-hybridized carbons (Fsp3) is 0.611. The van der Waals surface area contributed by atoms with Crippen LogP contribution in [-0.4, -0.2) is 41.9 Å². The summed E-state index contributed by atoms with van der Waals surface area (Å²) in [5.74, 6) is 1.10. The Morgan fingerprint density at radius 2 is 1.90 bits per heavy atom. The summed E-state index contributed by atoms with van der Waals surface area (Å²) in [5.41, 5.74) is 1.32. The molecule has 116 valence electrons. The molecule has 1 fully saturated rings. The summed E-state index contributed by atoms with van der Waals surface area (Å²) >= 11 is 0. The van der Waals surface area contributed by atoms with Crippen molar-refractivity contribution in [1.82, 2.24) is 9.80 Å².